The van der Waals surface area contributed by atoms with E-state index >= 15 is 0 Å². The van der Waals surface area contributed by atoms with Crippen LogP contribution in [0.1, 0.15) is 60.5 Å². The largest absolute Gasteiger partial charge is 0.338 e. The van der Waals surface area contributed by atoms with E-state index in [-0.39, 0.29) is 31.6 Å². The average Bonchev–Trinajstić information content (AvgIpc) is 3.52. The molecule has 7 heteroatoms. The topological polar surface area (TPSA) is 87.7 Å². The van der Waals surface area contributed by atoms with Crippen molar-refractivity contribution in [3.63, 3.8) is 0 Å². The third-order valence-electron chi connectivity index (χ3n) is 7.53. The number of hydroxylamine groups is 2. The minimum absolute atomic E-state index is 0.000340. The lowest BCUT2D eigenvalue weighted by Crippen LogP contribution is -2.43. The predicted molar refractivity (Wildman–Crippen MR) is 156 cm³/mol. The van der Waals surface area contributed by atoms with E-state index in [0.29, 0.717) is 24.3 Å². The zero-order valence-corrected chi connectivity index (χ0v) is 23.2. The zero-order valence-electron chi connectivity index (χ0n) is 23.2. The van der Waals surface area contributed by atoms with Crippen LogP contribution in [-0.2, 0) is 27.5 Å². The minimum atomic E-state index is -0.435. The SMILES string of the molecule is CCc1cccc(-c2cccc(C(=O)NCNC(=O)C(CC3CCCC3)CN(C=O)OCc3ccccc3)c2)c1. The van der Waals surface area contributed by atoms with Crippen LogP contribution >= 0.6 is 0 Å². The maximum absolute atomic E-state index is 13.2. The molecule has 1 atom stereocenters. The molecule has 1 saturated carbocycles. The van der Waals surface area contributed by atoms with Gasteiger partial charge in [0.2, 0.25) is 12.3 Å². The lowest BCUT2D eigenvalue weighted by Gasteiger charge is -2.25. The molecule has 3 aromatic carbocycles. The highest BCUT2D eigenvalue weighted by atomic mass is 16.7. The molecule has 3 aromatic rings. The van der Waals surface area contributed by atoms with E-state index in [0.717, 1.165) is 36.0 Å². The Morgan fingerprint density at radius 2 is 1.62 bits per heavy atom. The van der Waals surface area contributed by atoms with E-state index in [1.54, 1.807) is 6.07 Å². The summed E-state index contributed by atoms with van der Waals surface area (Å²) >= 11 is 0. The summed E-state index contributed by atoms with van der Waals surface area (Å²) in [5.74, 6) is -0.452. The van der Waals surface area contributed by atoms with Crippen LogP contribution in [-0.4, -0.2) is 36.5 Å². The molecule has 0 aliphatic heterocycles. The van der Waals surface area contributed by atoms with E-state index in [9.17, 15) is 14.4 Å². The Hall–Kier alpha value is -3.97. The minimum Gasteiger partial charge on any atom is -0.338 e. The van der Waals surface area contributed by atoms with Gasteiger partial charge in [-0.3, -0.25) is 19.2 Å². The highest BCUT2D eigenvalue weighted by Gasteiger charge is 2.27. The summed E-state index contributed by atoms with van der Waals surface area (Å²) in [4.78, 5) is 43.6. The number of carbonyl (C=O) groups excluding carboxylic acids is 3. The van der Waals surface area contributed by atoms with Gasteiger partial charge in [0.15, 0.2) is 0 Å². The first-order chi connectivity index (χ1) is 19.6. The predicted octanol–water partition coefficient (Wildman–Crippen LogP) is 5.51. The standard InChI is InChI=1S/C33H39N3O4/c1-2-25-14-8-15-28(18-25)29-16-9-17-30(20-29)32(38)34-23-35-33(39)31(19-26-10-6-7-11-26)21-36(24-37)40-22-27-12-4-3-5-13-27/h3-5,8-9,12-18,20,24,26,31H,2,6-7,10-11,19,21-23H2,1H3,(H,34,38)(H,35,39). The number of hydrogen-bond acceptors (Lipinski definition) is 4. The van der Waals surface area contributed by atoms with Gasteiger partial charge in [0.05, 0.1) is 19.1 Å². The van der Waals surface area contributed by atoms with Crippen molar-refractivity contribution < 1.29 is 19.2 Å². The van der Waals surface area contributed by atoms with Crippen LogP contribution in [0.25, 0.3) is 11.1 Å². The molecule has 0 spiro atoms. The number of rotatable bonds is 14. The van der Waals surface area contributed by atoms with E-state index in [1.807, 2.05) is 60.7 Å². The molecule has 1 unspecified atom stereocenters. The quantitative estimate of drug-likeness (QED) is 0.160. The molecule has 0 radical (unpaired) electrons. The van der Waals surface area contributed by atoms with Crippen molar-refractivity contribution >= 4 is 18.2 Å². The molecule has 0 saturated heterocycles. The van der Waals surface area contributed by atoms with E-state index in [4.69, 9.17) is 4.84 Å². The van der Waals surface area contributed by atoms with Gasteiger partial charge in [-0.15, -0.1) is 0 Å². The number of amides is 3. The summed E-state index contributed by atoms with van der Waals surface area (Å²) in [6.07, 6.45) is 6.76. The molecule has 0 aromatic heterocycles. The second kappa shape index (κ2) is 15.0. The molecule has 7 nitrogen and oxygen atoms in total. The van der Waals surface area contributed by atoms with Gasteiger partial charge in [0.1, 0.15) is 6.61 Å². The van der Waals surface area contributed by atoms with Gasteiger partial charge >= 0.3 is 0 Å². The van der Waals surface area contributed by atoms with Gasteiger partial charge in [-0.25, -0.2) is 5.06 Å². The number of hydrogen-bond donors (Lipinski definition) is 2. The van der Waals surface area contributed by atoms with Crippen molar-refractivity contribution in [2.75, 3.05) is 13.2 Å². The molecule has 4 rings (SSSR count). The monoisotopic (exact) mass is 541 g/mol. The molecule has 40 heavy (non-hydrogen) atoms. The number of nitrogens with zero attached hydrogens (tertiary/aromatic N) is 1. The highest BCUT2D eigenvalue weighted by Crippen LogP contribution is 2.31. The fourth-order valence-corrected chi connectivity index (χ4v) is 5.26. The molecular formula is C33H39N3O4. The van der Waals surface area contributed by atoms with Crippen LogP contribution in [0.2, 0.25) is 0 Å². The van der Waals surface area contributed by atoms with Crippen molar-refractivity contribution in [1.82, 2.24) is 15.7 Å². The number of benzene rings is 3. The Labute approximate surface area is 236 Å². The van der Waals surface area contributed by atoms with Crippen LogP contribution in [0, 0.1) is 11.8 Å². The fraction of sp³-hybridized carbons (Fsp3) is 0.364. The third-order valence-corrected chi connectivity index (χ3v) is 7.53. The van der Waals surface area contributed by atoms with Gasteiger partial charge < -0.3 is 10.6 Å². The summed E-state index contributed by atoms with van der Waals surface area (Å²) in [6.45, 7) is 2.52. The van der Waals surface area contributed by atoms with Crippen molar-refractivity contribution in [2.45, 2.75) is 52.1 Å². The average molecular weight is 542 g/mol. The normalized spacial score (nSPS) is 13.9. The molecule has 0 bridgehead atoms. The van der Waals surface area contributed by atoms with Crippen LogP contribution in [0.4, 0.5) is 0 Å². The van der Waals surface area contributed by atoms with Crippen LogP contribution in [0.5, 0.6) is 0 Å². The van der Waals surface area contributed by atoms with E-state index in [2.05, 4.69) is 29.7 Å². The Morgan fingerprint density at radius 3 is 2.35 bits per heavy atom. The first-order valence-electron chi connectivity index (χ1n) is 14.2. The summed E-state index contributed by atoms with van der Waals surface area (Å²) in [7, 11) is 0. The lowest BCUT2D eigenvalue weighted by molar-refractivity contribution is -0.182. The number of aryl methyl sites for hydroxylation is 1. The van der Waals surface area contributed by atoms with Crippen molar-refractivity contribution in [3.8, 4) is 11.1 Å². The van der Waals surface area contributed by atoms with Crippen molar-refractivity contribution in [3.05, 3.63) is 95.6 Å². The molecule has 2 N–H and O–H groups in total. The van der Waals surface area contributed by atoms with Gasteiger partial charge in [0, 0.05) is 5.56 Å². The molecule has 1 aliphatic rings. The Kier molecular flexibility index (Phi) is 10.9. The Bertz CT molecular complexity index is 1260. The Balaban J connectivity index is 1.33. The molecule has 1 aliphatic carbocycles. The Morgan fingerprint density at radius 1 is 0.925 bits per heavy atom. The molecule has 210 valence electrons. The molecular weight excluding hydrogens is 502 g/mol. The smallest absolute Gasteiger partial charge is 0.252 e. The zero-order chi connectivity index (χ0) is 28.2. The lowest BCUT2D eigenvalue weighted by atomic mass is 9.92. The first kappa shape index (κ1) is 29.0. The maximum Gasteiger partial charge on any atom is 0.252 e. The van der Waals surface area contributed by atoms with Gasteiger partial charge in [-0.05, 0) is 53.1 Å². The fourth-order valence-electron chi connectivity index (χ4n) is 5.26. The number of nitrogens with one attached hydrogen (secondary N) is 2. The van der Waals surface area contributed by atoms with E-state index in [1.165, 1.54) is 23.5 Å². The van der Waals surface area contributed by atoms with Crippen LogP contribution in [0.15, 0.2) is 78.9 Å². The summed E-state index contributed by atoms with van der Waals surface area (Å²) < 4.78 is 0. The van der Waals surface area contributed by atoms with Crippen LogP contribution < -0.4 is 10.6 Å². The summed E-state index contributed by atoms with van der Waals surface area (Å²) in [6, 6.07) is 25.3. The molecule has 3 amide bonds. The third kappa shape index (κ3) is 8.52. The van der Waals surface area contributed by atoms with Gasteiger partial charge in [-0.2, -0.15) is 0 Å². The van der Waals surface area contributed by atoms with E-state index < -0.39 is 5.92 Å². The van der Waals surface area contributed by atoms with Crippen molar-refractivity contribution in [2.24, 2.45) is 11.8 Å². The van der Waals surface area contributed by atoms with Crippen molar-refractivity contribution in [1.29, 1.82) is 0 Å². The summed E-state index contributed by atoms with van der Waals surface area (Å²) in [5.41, 5.74) is 4.73. The van der Waals surface area contributed by atoms with Gasteiger partial charge in [0.25, 0.3) is 5.91 Å². The maximum atomic E-state index is 13.2. The van der Waals surface area contributed by atoms with Gasteiger partial charge in [-0.1, -0.05) is 99.3 Å². The second-order valence-electron chi connectivity index (χ2n) is 10.4. The molecule has 1 fully saturated rings. The first-order valence-corrected chi connectivity index (χ1v) is 14.2. The summed E-state index contributed by atoms with van der Waals surface area (Å²) in [5, 5.41) is 6.87. The number of carbonyl (C=O) groups is 3. The highest BCUT2D eigenvalue weighted by molar-refractivity contribution is 5.95. The van der Waals surface area contributed by atoms with Crippen LogP contribution in [0.3, 0.4) is 0 Å². The molecule has 0 heterocycles. The second-order valence-corrected chi connectivity index (χ2v) is 10.4.